The molecule has 2 aromatic carbocycles. The number of nitrogens with zero attached hydrogens (tertiary/aromatic N) is 3. The molecule has 0 spiro atoms. The first kappa shape index (κ1) is 21.8. The summed E-state index contributed by atoms with van der Waals surface area (Å²) >= 11 is 0. The third kappa shape index (κ3) is 5.15. The van der Waals surface area contributed by atoms with Crippen molar-refractivity contribution < 1.29 is 4.42 Å². The van der Waals surface area contributed by atoms with Crippen molar-refractivity contribution in [3.05, 3.63) is 83.9 Å². The van der Waals surface area contributed by atoms with E-state index in [0.29, 0.717) is 24.9 Å². The molecule has 0 aliphatic heterocycles. The van der Waals surface area contributed by atoms with Crippen LogP contribution in [-0.4, -0.2) is 23.0 Å². The van der Waals surface area contributed by atoms with E-state index in [9.17, 15) is 0 Å². The van der Waals surface area contributed by atoms with Gasteiger partial charge in [-0.25, -0.2) is 4.98 Å². The van der Waals surface area contributed by atoms with Crippen LogP contribution in [0.5, 0.6) is 0 Å². The number of oxazole rings is 1. The largest absolute Gasteiger partial charge is 0.444 e. The summed E-state index contributed by atoms with van der Waals surface area (Å²) in [6.07, 6.45) is 3.50. The van der Waals surface area contributed by atoms with Gasteiger partial charge < -0.3 is 15.1 Å². The predicted octanol–water partition coefficient (Wildman–Crippen LogP) is 4.68. The normalized spacial score (nSPS) is 11.2. The topological polar surface area (TPSA) is 75.3 Å². The summed E-state index contributed by atoms with van der Waals surface area (Å²) in [6, 6.07) is 18.3. The van der Waals surface area contributed by atoms with Crippen LogP contribution in [-0.2, 0) is 13.1 Å². The van der Waals surface area contributed by atoms with Gasteiger partial charge in [-0.05, 0) is 36.8 Å². The molecule has 7 heteroatoms. The number of fused-ring (bicyclic) bond motifs is 1. The predicted molar refractivity (Wildman–Crippen MR) is 131 cm³/mol. The highest BCUT2D eigenvalue weighted by atomic mass is 127. The summed E-state index contributed by atoms with van der Waals surface area (Å²) < 4.78 is 5.62. The van der Waals surface area contributed by atoms with E-state index < -0.39 is 0 Å². The Labute approximate surface area is 192 Å². The van der Waals surface area contributed by atoms with Gasteiger partial charge in [-0.1, -0.05) is 35.9 Å². The third-order valence-corrected chi connectivity index (χ3v) is 4.70. The minimum Gasteiger partial charge on any atom is -0.444 e. The van der Waals surface area contributed by atoms with Gasteiger partial charge in [0.1, 0.15) is 6.26 Å². The molecule has 30 heavy (non-hydrogen) atoms. The first-order valence-corrected chi connectivity index (χ1v) is 9.51. The van der Waals surface area contributed by atoms with Gasteiger partial charge in [0.15, 0.2) is 5.96 Å². The second-order valence-electron chi connectivity index (χ2n) is 6.78. The number of hydrogen-bond acceptors (Lipinski definition) is 4. The van der Waals surface area contributed by atoms with Gasteiger partial charge in [0.2, 0.25) is 5.89 Å². The Hall–Kier alpha value is -2.94. The van der Waals surface area contributed by atoms with Gasteiger partial charge in [-0.2, -0.15) is 0 Å². The van der Waals surface area contributed by atoms with Crippen molar-refractivity contribution in [3.63, 3.8) is 0 Å². The van der Waals surface area contributed by atoms with Crippen LogP contribution in [0.25, 0.3) is 22.4 Å². The lowest BCUT2D eigenvalue weighted by molar-refractivity contribution is 0.572. The van der Waals surface area contributed by atoms with E-state index in [-0.39, 0.29) is 24.0 Å². The highest BCUT2D eigenvalue weighted by molar-refractivity contribution is 14.0. The second kappa shape index (κ2) is 10.2. The van der Waals surface area contributed by atoms with E-state index in [1.807, 2.05) is 54.7 Å². The molecule has 2 heterocycles. The van der Waals surface area contributed by atoms with Crippen molar-refractivity contribution in [2.45, 2.75) is 20.0 Å². The molecule has 0 radical (unpaired) electrons. The minimum atomic E-state index is 0. The van der Waals surface area contributed by atoms with E-state index in [1.165, 1.54) is 11.1 Å². The Morgan fingerprint density at radius 2 is 1.77 bits per heavy atom. The van der Waals surface area contributed by atoms with Gasteiger partial charge in [-0.3, -0.25) is 9.98 Å². The summed E-state index contributed by atoms with van der Waals surface area (Å²) in [7, 11) is 1.75. The monoisotopic (exact) mass is 513 g/mol. The van der Waals surface area contributed by atoms with Gasteiger partial charge in [0.05, 0.1) is 17.8 Å². The molecule has 0 amide bonds. The molecule has 4 rings (SSSR count). The summed E-state index contributed by atoms with van der Waals surface area (Å²) in [5.74, 6) is 1.32. The van der Waals surface area contributed by atoms with E-state index >= 15 is 0 Å². The highest BCUT2D eigenvalue weighted by Crippen LogP contribution is 2.19. The summed E-state index contributed by atoms with van der Waals surface area (Å²) in [5.41, 5.74) is 5.15. The molecule has 0 atom stereocenters. The summed E-state index contributed by atoms with van der Waals surface area (Å²) in [6.45, 7) is 3.23. The van der Waals surface area contributed by atoms with Gasteiger partial charge >= 0.3 is 0 Å². The first-order valence-electron chi connectivity index (χ1n) is 9.51. The zero-order valence-corrected chi connectivity index (χ0v) is 19.3. The number of benzene rings is 2. The maximum Gasteiger partial charge on any atom is 0.226 e. The number of halogens is 1. The van der Waals surface area contributed by atoms with Crippen molar-refractivity contribution in [2.75, 3.05) is 7.05 Å². The van der Waals surface area contributed by atoms with Gasteiger partial charge in [0, 0.05) is 30.7 Å². The standard InChI is InChI=1S/C23H23N5O.HI/c1-16-7-9-17(10-8-16)22-28-19(15-29-22)14-27-23(24-2)26-13-18-11-12-25-21-6-4-3-5-20(18)21;/h3-12,15H,13-14H2,1-2H3,(H2,24,26,27);1H. The van der Waals surface area contributed by atoms with E-state index in [4.69, 9.17) is 4.42 Å². The number of guanidine groups is 1. The van der Waals surface area contributed by atoms with Gasteiger partial charge in [0.25, 0.3) is 0 Å². The average Bonchev–Trinajstić information content (AvgIpc) is 3.23. The number of hydrogen-bond donors (Lipinski definition) is 2. The number of aliphatic imine (C=N–C) groups is 1. The van der Waals surface area contributed by atoms with Crippen LogP contribution in [0.15, 0.2) is 76.5 Å². The molecule has 0 aliphatic carbocycles. The van der Waals surface area contributed by atoms with Crippen LogP contribution in [0.2, 0.25) is 0 Å². The molecule has 0 aliphatic rings. The molecular formula is C23H24IN5O. The summed E-state index contributed by atoms with van der Waals surface area (Å²) in [5, 5.41) is 7.76. The molecular weight excluding hydrogens is 489 g/mol. The van der Waals surface area contributed by atoms with Crippen molar-refractivity contribution in [3.8, 4) is 11.5 Å². The Morgan fingerprint density at radius 3 is 2.57 bits per heavy atom. The lowest BCUT2D eigenvalue weighted by Crippen LogP contribution is -2.36. The lowest BCUT2D eigenvalue weighted by Gasteiger charge is -2.12. The van der Waals surface area contributed by atoms with Crippen LogP contribution in [0.1, 0.15) is 16.8 Å². The lowest BCUT2D eigenvalue weighted by atomic mass is 10.1. The Morgan fingerprint density at radius 1 is 1.00 bits per heavy atom. The number of para-hydroxylation sites is 1. The highest BCUT2D eigenvalue weighted by Gasteiger charge is 2.08. The maximum absolute atomic E-state index is 5.62. The Bertz CT molecular complexity index is 1130. The minimum absolute atomic E-state index is 0. The Balaban J connectivity index is 0.00000256. The van der Waals surface area contributed by atoms with Crippen molar-refractivity contribution in [2.24, 2.45) is 4.99 Å². The van der Waals surface area contributed by atoms with Crippen molar-refractivity contribution >= 4 is 40.8 Å². The smallest absolute Gasteiger partial charge is 0.226 e. The molecule has 0 saturated heterocycles. The molecule has 0 bridgehead atoms. The fourth-order valence-corrected chi connectivity index (χ4v) is 3.10. The Kier molecular flexibility index (Phi) is 7.40. The molecule has 0 fully saturated rings. The maximum atomic E-state index is 5.62. The molecule has 154 valence electrons. The zero-order valence-electron chi connectivity index (χ0n) is 16.9. The molecule has 2 aromatic heterocycles. The summed E-state index contributed by atoms with van der Waals surface area (Å²) in [4.78, 5) is 13.3. The number of nitrogens with one attached hydrogen (secondary N) is 2. The average molecular weight is 513 g/mol. The van der Waals surface area contributed by atoms with Crippen molar-refractivity contribution in [1.29, 1.82) is 0 Å². The zero-order chi connectivity index (χ0) is 20.1. The molecule has 6 nitrogen and oxygen atoms in total. The number of pyridine rings is 1. The molecule has 0 saturated carbocycles. The van der Waals surface area contributed by atoms with Crippen LogP contribution >= 0.6 is 24.0 Å². The second-order valence-corrected chi connectivity index (χ2v) is 6.78. The molecule has 2 N–H and O–H groups in total. The van der Waals surface area contributed by atoms with Crippen LogP contribution in [0, 0.1) is 6.92 Å². The molecule has 0 unspecified atom stereocenters. The van der Waals surface area contributed by atoms with Crippen LogP contribution < -0.4 is 10.6 Å². The SMILES string of the molecule is CN=C(NCc1coc(-c2ccc(C)cc2)n1)NCc1ccnc2ccccc12.I. The fourth-order valence-electron chi connectivity index (χ4n) is 3.10. The number of aryl methyl sites for hydroxylation is 1. The molecule has 4 aromatic rings. The van der Waals surface area contributed by atoms with Crippen molar-refractivity contribution in [1.82, 2.24) is 20.6 Å². The van der Waals surface area contributed by atoms with Crippen LogP contribution in [0.3, 0.4) is 0 Å². The van der Waals surface area contributed by atoms with E-state index in [0.717, 1.165) is 22.2 Å². The quantitative estimate of drug-likeness (QED) is 0.230. The van der Waals surface area contributed by atoms with E-state index in [2.05, 4.69) is 38.6 Å². The van der Waals surface area contributed by atoms with Gasteiger partial charge in [-0.15, -0.1) is 24.0 Å². The number of aromatic nitrogens is 2. The fraction of sp³-hybridized carbons (Fsp3) is 0.174. The van der Waals surface area contributed by atoms with Crippen LogP contribution in [0.4, 0.5) is 0 Å². The number of rotatable bonds is 5. The first-order chi connectivity index (χ1) is 14.2. The van der Waals surface area contributed by atoms with E-state index in [1.54, 1.807) is 13.3 Å². The third-order valence-electron chi connectivity index (χ3n) is 4.70.